The zero-order chi connectivity index (χ0) is 9.80. The maximum absolute atomic E-state index is 5.42. The monoisotopic (exact) mass is 185 g/mol. The molecular weight excluding hydrogens is 168 g/mol. The number of rotatable bonds is 5. The predicted octanol–water partition coefficient (Wildman–Crippen LogP) is 3.56. The summed E-state index contributed by atoms with van der Waals surface area (Å²) in [5.74, 6) is 0.970. The average molecular weight is 185 g/mol. The lowest BCUT2D eigenvalue weighted by molar-refractivity contribution is 0.813. The first-order valence-corrected chi connectivity index (χ1v) is 5.50. The van der Waals surface area contributed by atoms with Crippen LogP contribution in [-0.4, -0.2) is 0 Å². The zero-order valence-electron chi connectivity index (χ0n) is 8.58. The minimum atomic E-state index is 0.970. The summed E-state index contributed by atoms with van der Waals surface area (Å²) < 4.78 is 0. The van der Waals surface area contributed by atoms with Gasteiger partial charge in [0, 0.05) is 0 Å². The van der Waals surface area contributed by atoms with Crippen molar-refractivity contribution < 1.29 is 0 Å². The second-order valence-electron chi connectivity index (χ2n) is 4.19. The Morgan fingerprint density at radius 3 is 2.57 bits per heavy atom. The summed E-state index contributed by atoms with van der Waals surface area (Å²) in [5.41, 5.74) is 3.03. The molecule has 2 rings (SSSR count). The summed E-state index contributed by atoms with van der Waals surface area (Å²) in [6, 6.07) is 8.78. The van der Waals surface area contributed by atoms with Crippen LogP contribution in [0.1, 0.15) is 30.4 Å². The van der Waals surface area contributed by atoms with Crippen LogP contribution in [0.15, 0.2) is 30.3 Å². The lowest BCUT2D eigenvalue weighted by Gasteiger charge is -2.07. The number of hydrogen-bond donors (Lipinski definition) is 0. The molecule has 0 saturated heterocycles. The van der Waals surface area contributed by atoms with E-state index in [4.69, 9.17) is 6.58 Å². The number of hydrogen-bond acceptors (Lipinski definition) is 0. The lowest BCUT2D eigenvalue weighted by Crippen LogP contribution is -1.95. The second kappa shape index (κ2) is 4.45. The van der Waals surface area contributed by atoms with E-state index in [-0.39, 0.29) is 0 Å². The third-order valence-corrected chi connectivity index (χ3v) is 2.90. The minimum Gasteiger partial charge on any atom is -0.0842 e. The Labute approximate surface area is 86.7 Å². The molecule has 73 valence electrons. The summed E-state index contributed by atoms with van der Waals surface area (Å²) >= 11 is 0. The molecule has 0 spiro atoms. The molecule has 0 aliphatic heterocycles. The molecule has 0 aromatic heterocycles. The zero-order valence-corrected chi connectivity index (χ0v) is 8.58. The van der Waals surface area contributed by atoms with Crippen molar-refractivity contribution in [1.29, 1.82) is 0 Å². The van der Waals surface area contributed by atoms with Crippen molar-refractivity contribution in [2.24, 2.45) is 5.92 Å². The van der Waals surface area contributed by atoms with Gasteiger partial charge in [-0.2, -0.15) is 0 Å². The van der Waals surface area contributed by atoms with Gasteiger partial charge in [-0.15, -0.1) is 0 Å². The summed E-state index contributed by atoms with van der Waals surface area (Å²) in [7, 11) is 0. The molecule has 1 saturated carbocycles. The Morgan fingerprint density at radius 1 is 1.21 bits per heavy atom. The molecule has 0 nitrogen and oxygen atoms in total. The molecule has 14 heavy (non-hydrogen) atoms. The van der Waals surface area contributed by atoms with Gasteiger partial charge in [0.25, 0.3) is 0 Å². The largest absolute Gasteiger partial charge is 0.0842 e. The molecule has 0 bridgehead atoms. The van der Waals surface area contributed by atoms with Crippen molar-refractivity contribution >= 4 is 0 Å². The van der Waals surface area contributed by atoms with Gasteiger partial charge < -0.3 is 0 Å². The molecule has 0 amide bonds. The summed E-state index contributed by atoms with van der Waals surface area (Å²) in [5, 5.41) is 0. The first-order valence-electron chi connectivity index (χ1n) is 5.50. The van der Waals surface area contributed by atoms with Crippen LogP contribution in [0.2, 0.25) is 0 Å². The third kappa shape index (κ3) is 2.47. The van der Waals surface area contributed by atoms with Crippen molar-refractivity contribution in [3.05, 3.63) is 48.0 Å². The van der Waals surface area contributed by atoms with E-state index in [1.165, 1.54) is 30.4 Å². The molecule has 0 N–H and O–H groups in total. The van der Waals surface area contributed by atoms with Gasteiger partial charge in [0.05, 0.1) is 0 Å². The molecule has 0 unspecified atom stereocenters. The third-order valence-electron chi connectivity index (χ3n) is 2.90. The summed E-state index contributed by atoms with van der Waals surface area (Å²) in [6.07, 6.45) is 7.98. The molecule has 1 aliphatic carbocycles. The van der Waals surface area contributed by atoms with Crippen molar-refractivity contribution in [3.63, 3.8) is 0 Å². The van der Waals surface area contributed by atoms with Gasteiger partial charge in [-0.05, 0) is 49.1 Å². The normalized spacial score (nSPS) is 15.4. The minimum absolute atomic E-state index is 0.970. The number of allylic oxidation sites excluding steroid dienone is 1. The Morgan fingerprint density at radius 2 is 1.93 bits per heavy atom. The van der Waals surface area contributed by atoms with E-state index in [0.717, 1.165) is 18.8 Å². The Bertz CT molecular complexity index is 308. The number of benzene rings is 1. The molecule has 0 atom stereocenters. The van der Waals surface area contributed by atoms with Gasteiger partial charge in [-0.3, -0.25) is 0 Å². The standard InChI is InChI=1S/C14H17/c1-2-3-6-13-7-4-5-8-14(13)11-12-9-10-12/h1-2,4-5,7-8,12H,3,6,9-11H2. The molecule has 0 heterocycles. The van der Waals surface area contributed by atoms with Gasteiger partial charge in [0.2, 0.25) is 0 Å². The Kier molecular flexibility index (Phi) is 3.03. The van der Waals surface area contributed by atoms with Crippen molar-refractivity contribution in [3.8, 4) is 0 Å². The molecule has 1 aromatic carbocycles. The van der Waals surface area contributed by atoms with Gasteiger partial charge >= 0.3 is 0 Å². The lowest BCUT2D eigenvalue weighted by atomic mass is 9.99. The Hall–Kier alpha value is -1.04. The van der Waals surface area contributed by atoms with Crippen LogP contribution >= 0.6 is 0 Å². The topological polar surface area (TPSA) is 0 Å². The number of aryl methyl sites for hydroxylation is 1. The van der Waals surface area contributed by atoms with E-state index in [1.54, 1.807) is 6.08 Å². The maximum Gasteiger partial charge on any atom is -0.0241 e. The van der Waals surface area contributed by atoms with Crippen LogP contribution in [0.4, 0.5) is 0 Å². The highest BCUT2D eigenvalue weighted by Gasteiger charge is 2.22. The fourth-order valence-corrected chi connectivity index (χ4v) is 1.87. The quantitative estimate of drug-likeness (QED) is 0.658. The van der Waals surface area contributed by atoms with Crippen LogP contribution in [0, 0.1) is 12.5 Å². The first-order chi connectivity index (χ1) is 6.90. The Balaban J connectivity index is 2.05. The molecule has 1 aromatic rings. The maximum atomic E-state index is 5.42. The van der Waals surface area contributed by atoms with E-state index in [9.17, 15) is 0 Å². The van der Waals surface area contributed by atoms with Gasteiger partial charge in [0.1, 0.15) is 0 Å². The van der Waals surface area contributed by atoms with Crippen LogP contribution in [0.3, 0.4) is 0 Å². The highest BCUT2D eigenvalue weighted by atomic mass is 14.3. The highest BCUT2D eigenvalue weighted by molar-refractivity contribution is 5.28. The molecule has 0 heteroatoms. The molecule has 1 aliphatic rings. The molecule has 1 radical (unpaired) electrons. The van der Waals surface area contributed by atoms with E-state index in [0.29, 0.717) is 0 Å². The average Bonchev–Trinajstić information content (AvgIpc) is 3.01. The highest BCUT2D eigenvalue weighted by Crippen LogP contribution is 2.33. The van der Waals surface area contributed by atoms with Gasteiger partial charge in [0.15, 0.2) is 0 Å². The predicted molar refractivity (Wildman–Crippen MR) is 60.1 cm³/mol. The summed E-state index contributed by atoms with van der Waals surface area (Å²) in [6.45, 7) is 5.42. The molecular formula is C14H17. The molecule has 1 fully saturated rings. The van der Waals surface area contributed by atoms with Crippen molar-refractivity contribution in [2.45, 2.75) is 32.1 Å². The fourth-order valence-electron chi connectivity index (χ4n) is 1.87. The van der Waals surface area contributed by atoms with E-state index < -0.39 is 0 Å². The summed E-state index contributed by atoms with van der Waals surface area (Å²) in [4.78, 5) is 0. The van der Waals surface area contributed by atoms with Crippen LogP contribution in [-0.2, 0) is 12.8 Å². The van der Waals surface area contributed by atoms with E-state index in [1.807, 2.05) is 0 Å². The van der Waals surface area contributed by atoms with Crippen molar-refractivity contribution in [1.82, 2.24) is 0 Å². The smallest absolute Gasteiger partial charge is 0.0241 e. The van der Waals surface area contributed by atoms with Crippen molar-refractivity contribution in [2.75, 3.05) is 0 Å². The first kappa shape index (κ1) is 9.51. The van der Waals surface area contributed by atoms with Crippen LogP contribution in [0.25, 0.3) is 0 Å². The van der Waals surface area contributed by atoms with Crippen LogP contribution in [0.5, 0.6) is 0 Å². The van der Waals surface area contributed by atoms with E-state index >= 15 is 0 Å². The SMILES string of the molecule is [CH]=CCCc1ccccc1CC1CC1. The van der Waals surface area contributed by atoms with Gasteiger partial charge in [-0.25, -0.2) is 0 Å². The second-order valence-corrected chi connectivity index (χ2v) is 4.19. The van der Waals surface area contributed by atoms with E-state index in [2.05, 4.69) is 24.3 Å². The fraction of sp³-hybridized carbons (Fsp3) is 0.429. The van der Waals surface area contributed by atoms with Gasteiger partial charge in [-0.1, -0.05) is 36.9 Å². The van der Waals surface area contributed by atoms with Crippen LogP contribution < -0.4 is 0 Å².